The van der Waals surface area contributed by atoms with E-state index in [1.807, 2.05) is 17.9 Å². The molecule has 3 atom stereocenters. The Morgan fingerprint density at radius 3 is 2.45 bits per heavy atom. The molecule has 0 bridgehead atoms. The molecule has 1 aliphatic heterocycles. The topological polar surface area (TPSA) is 138 Å². The zero-order valence-corrected chi connectivity index (χ0v) is 28.0. The van der Waals surface area contributed by atoms with Gasteiger partial charge in [-0.3, -0.25) is 14.4 Å². The molecule has 1 aliphatic carbocycles. The molecule has 12 heteroatoms. The van der Waals surface area contributed by atoms with Crippen LogP contribution in [-0.4, -0.2) is 85.8 Å². The van der Waals surface area contributed by atoms with Gasteiger partial charge in [-0.2, -0.15) is 0 Å². The number of aromatic nitrogens is 1. The van der Waals surface area contributed by atoms with Gasteiger partial charge in [0.15, 0.2) is 9.84 Å². The Morgan fingerprint density at radius 2 is 1.77 bits per heavy atom. The van der Waals surface area contributed by atoms with Gasteiger partial charge in [0.1, 0.15) is 6.04 Å². The molecule has 1 aromatic heterocycles. The minimum Gasteiger partial charge on any atom is -0.354 e. The van der Waals surface area contributed by atoms with Crippen molar-refractivity contribution in [1.82, 2.24) is 25.8 Å². The van der Waals surface area contributed by atoms with Crippen LogP contribution >= 0.6 is 11.3 Å². The van der Waals surface area contributed by atoms with E-state index < -0.39 is 15.9 Å². The number of carbonyl (C=O) groups is 3. The number of aryl methyl sites for hydroxylation is 1. The van der Waals surface area contributed by atoms with Gasteiger partial charge in [0, 0.05) is 51.0 Å². The summed E-state index contributed by atoms with van der Waals surface area (Å²) in [6.45, 7) is 7.41. The van der Waals surface area contributed by atoms with Crippen molar-refractivity contribution in [3.63, 3.8) is 0 Å². The molecule has 1 aromatic carbocycles. The van der Waals surface area contributed by atoms with Crippen LogP contribution in [-0.2, 0) is 37.1 Å². The maximum absolute atomic E-state index is 13.7. The molecule has 1 unspecified atom stereocenters. The Kier molecular flexibility index (Phi) is 12.6. The third-order valence-electron chi connectivity index (χ3n) is 8.89. The highest BCUT2D eigenvalue weighted by molar-refractivity contribution is 7.91. The number of nitrogens with one attached hydrogen (secondary N) is 3. The molecule has 2 heterocycles. The second-order valence-electron chi connectivity index (χ2n) is 12.5. The van der Waals surface area contributed by atoms with Crippen molar-refractivity contribution in [3.8, 4) is 0 Å². The van der Waals surface area contributed by atoms with Crippen molar-refractivity contribution in [2.45, 2.75) is 90.6 Å². The van der Waals surface area contributed by atoms with Crippen molar-refractivity contribution >= 4 is 49.1 Å². The van der Waals surface area contributed by atoms with Gasteiger partial charge in [-0.15, -0.1) is 11.3 Å². The number of benzene rings is 1. The number of fused-ring (bicyclic) bond motifs is 1. The maximum atomic E-state index is 13.7. The number of sulfone groups is 1. The number of amides is 3. The van der Waals surface area contributed by atoms with Crippen molar-refractivity contribution in [1.29, 1.82) is 0 Å². The molecule has 10 nitrogen and oxygen atoms in total. The summed E-state index contributed by atoms with van der Waals surface area (Å²) in [6, 6.07) is 5.16. The molecule has 4 rings (SSSR count). The summed E-state index contributed by atoms with van der Waals surface area (Å²) in [4.78, 5) is 46.1. The molecule has 2 aromatic rings. The highest BCUT2D eigenvalue weighted by Crippen LogP contribution is 2.28. The number of hydrogen-bond donors (Lipinski definition) is 3. The van der Waals surface area contributed by atoms with E-state index in [2.05, 4.69) is 35.0 Å². The van der Waals surface area contributed by atoms with Crippen molar-refractivity contribution < 1.29 is 22.8 Å². The summed E-state index contributed by atoms with van der Waals surface area (Å²) in [5.41, 5.74) is 2.12. The first-order chi connectivity index (χ1) is 21.0. The lowest BCUT2D eigenvalue weighted by atomic mass is 9.84. The normalized spacial score (nSPS) is 19.6. The lowest BCUT2D eigenvalue weighted by Crippen LogP contribution is -2.54. The fraction of sp³-hybridized carbons (Fsp3) is 0.688. The minimum atomic E-state index is -2.98. The highest BCUT2D eigenvalue weighted by Gasteiger charge is 2.29. The standard InChI is InChI=1S/C32H49N5O5S2/c1-4-23-11-12-26-28(18-23)43-30(36-26)19-27(35-29(38)5-2)32(40)34-25(17-24-9-7-6-8-10-24)20-33-31(39)22(3)21-37-13-15-44(41,42)16-14-37/h11-12,18,22,24-25,27H,4-10,13-17,19-21H2,1-3H3,(H,33,39)(H,34,40)(H,35,38)/t22?,25-,27-/m0/s1. The van der Waals surface area contributed by atoms with Crippen molar-refractivity contribution in [3.05, 3.63) is 28.8 Å². The smallest absolute Gasteiger partial charge is 0.243 e. The van der Waals surface area contributed by atoms with E-state index in [-0.39, 0.29) is 47.6 Å². The predicted molar refractivity (Wildman–Crippen MR) is 175 cm³/mol. The number of hydrogen-bond acceptors (Lipinski definition) is 8. The van der Waals surface area contributed by atoms with E-state index in [0.717, 1.165) is 40.9 Å². The quantitative estimate of drug-likeness (QED) is 0.286. The van der Waals surface area contributed by atoms with Gasteiger partial charge in [0.2, 0.25) is 17.7 Å². The molecule has 0 spiro atoms. The molecular weight excluding hydrogens is 599 g/mol. The lowest BCUT2D eigenvalue weighted by Gasteiger charge is -2.30. The van der Waals surface area contributed by atoms with Gasteiger partial charge in [-0.25, -0.2) is 13.4 Å². The zero-order valence-electron chi connectivity index (χ0n) is 26.4. The maximum Gasteiger partial charge on any atom is 0.243 e. The van der Waals surface area contributed by atoms with Gasteiger partial charge < -0.3 is 20.9 Å². The van der Waals surface area contributed by atoms with Gasteiger partial charge in [0.25, 0.3) is 0 Å². The van der Waals surface area contributed by atoms with E-state index in [1.165, 1.54) is 24.8 Å². The van der Waals surface area contributed by atoms with Gasteiger partial charge in [-0.1, -0.05) is 58.9 Å². The van der Waals surface area contributed by atoms with E-state index in [4.69, 9.17) is 4.98 Å². The predicted octanol–water partition coefficient (Wildman–Crippen LogP) is 3.23. The summed E-state index contributed by atoms with van der Waals surface area (Å²) in [6.07, 6.45) is 8.05. The molecule has 1 saturated carbocycles. The average Bonchev–Trinajstić information content (AvgIpc) is 3.42. The third kappa shape index (κ3) is 10.2. The Balaban J connectivity index is 1.41. The van der Waals surface area contributed by atoms with E-state index in [1.54, 1.807) is 18.3 Å². The minimum absolute atomic E-state index is 0.113. The summed E-state index contributed by atoms with van der Waals surface area (Å²) in [5, 5.41) is 9.94. The molecule has 1 saturated heterocycles. The van der Waals surface area contributed by atoms with Crippen LogP contribution in [0.5, 0.6) is 0 Å². The molecule has 44 heavy (non-hydrogen) atoms. The van der Waals surface area contributed by atoms with Gasteiger partial charge in [0.05, 0.1) is 26.7 Å². The van der Waals surface area contributed by atoms with E-state index in [0.29, 0.717) is 38.5 Å². The molecule has 3 N–H and O–H groups in total. The Bertz CT molecular complexity index is 1370. The number of nitrogens with zero attached hydrogens (tertiary/aromatic N) is 2. The summed E-state index contributed by atoms with van der Waals surface area (Å²) in [5.74, 6) is -0.163. The fourth-order valence-corrected chi connectivity index (χ4v) is 8.48. The van der Waals surface area contributed by atoms with Crippen LogP contribution in [0.25, 0.3) is 10.2 Å². The van der Waals surface area contributed by atoms with Crippen molar-refractivity contribution in [2.75, 3.05) is 37.7 Å². The van der Waals surface area contributed by atoms with Crippen LogP contribution in [0.1, 0.15) is 76.3 Å². The van der Waals surface area contributed by atoms with Crippen LogP contribution in [0.15, 0.2) is 18.2 Å². The number of carbonyl (C=O) groups excluding carboxylic acids is 3. The Hall–Kier alpha value is -2.57. The zero-order chi connectivity index (χ0) is 31.7. The van der Waals surface area contributed by atoms with Crippen LogP contribution in [0.3, 0.4) is 0 Å². The molecule has 2 aliphatic rings. The monoisotopic (exact) mass is 647 g/mol. The summed E-state index contributed by atoms with van der Waals surface area (Å²) < 4.78 is 24.6. The second-order valence-corrected chi connectivity index (χ2v) is 15.9. The second kappa shape index (κ2) is 16.1. The average molecular weight is 648 g/mol. The van der Waals surface area contributed by atoms with Crippen LogP contribution in [0.4, 0.5) is 0 Å². The largest absolute Gasteiger partial charge is 0.354 e. The van der Waals surface area contributed by atoms with E-state index in [9.17, 15) is 22.8 Å². The lowest BCUT2D eigenvalue weighted by molar-refractivity contribution is -0.129. The van der Waals surface area contributed by atoms with Crippen LogP contribution < -0.4 is 16.0 Å². The molecular formula is C32H49N5O5S2. The molecule has 2 fully saturated rings. The number of rotatable bonds is 14. The molecule has 3 amide bonds. The number of thiazole rings is 1. The van der Waals surface area contributed by atoms with Gasteiger partial charge in [-0.05, 0) is 36.5 Å². The van der Waals surface area contributed by atoms with Gasteiger partial charge >= 0.3 is 0 Å². The SMILES string of the molecule is CCC(=O)N[C@@H](Cc1nc2ccc(CC)cc2s1)C(=O)N[C@H](CNC(=O)C(C)CN1CCS(=O)(=O)CC1)CC1CCCCC1. The Labute approximate surface area is 266 Å². The van der Waals surface area contributed by atoms with Crippen LogP contribution in [0.2, 0.25) is 0 Å². The molecule has 244 valence electrons. The van der Waals surface area contributed by atoms with E-state index >= 15 is 0 Å². The van der Waals surface area contributed by atoms with Crippen molar-refractivity contribution in [2.24, 2.45) is 11.8 Å². The summed E-state index contributed by atoms with van der Waals surface area (Å²) in [7, 11) is -2.98. The first-order valence-electron chi connectivity index (χ1n) is 16.2. The first kappa shape index (κ1) is 34.3. The Morgan fingerprint density at radius 1 is 1.05 bits per heavy atom. The fourth-order valence-electron chi connectivity index (χ4n) is 6.13. The third-order valence-corrected chi connectivity index (χ3v) is 11.5. The first-order valence-corrected chi connectivity index (χ1v) is 18.9. The highest BCUT2D eigenvalue weighted by atomic mass is 32.2. The molecule has 0 radical (unpaired) electrons. The summed E-state index contributed by atoms with van der Waals surface area (Å²) >= 11 is 1.55. The van der Waals surface area contributed by atoms with Crippen LogP contribution in [0, 0.1) is 11.8 Å².